The third-order valence-electron chi connectivity index (χ3n) is 5.49. The fourth-order valence-corrected chi connectivity index (χ4v) is 3.85. The van der Waals surface area contributed by atoms with E-state index in [0.717, 1.165) is 32.1 Å². The summed E-state index contributed by atoms with van der Waals surface area (Å²) in [5, 5.41) is 8.34. The van der Waals surface area contributed by atoms with E-state index in [1.54, 1.807) is 6.20 Å². The van der Waals surface area contributed by atoms with Crippen molar-refractivity contribution in [2.75, 3.05) is 13.1 Å². The molecule has 136 valence electrons. The highest BCUT2D eigenvalue weighted by Crippen LogP contribution is 2.27. The van der Waals surface area contributed by atoms with E-state index in [2.05, 4.69) is 28.5 Å². The minimum absolute atomic E-state index is 0.0351. The van der Waals surface area contributed by atoms with E-state index in [-0.39, 0.29) is 5.91 Å². The number of carbonyl (C=O) groups excluding carboxylic acids is 1. The molecule has 1 saturated carbocycles. The number of nitrogens with two attached hydrogens (primary N) is 1. The standard InChI is InChI=1S/C20H25N5O/c21-17-6-8-18(9-7-17)25-14-19(22-23-25)20(26)24-12-10-16(11-13-24)15-4-2-1-3-5-15/h1-5,10,14,17-18H,6-9,11-13,21H2. The van der Waals surface area contributed by atoms with Crippen LogP contribution < -0.4 is 5.73 Å². The first-order valence-electron chi connectivity index (χ1n) is 9.42. The van der Waals surface area contributed by atoms with Gasteiger partial charge in [0, 0.05) is 19.1 Å². The Balaban J connectivity index is 1.40. The zero-order valence-electron chi connectivity index (χ0n) is 14.9. The normalized spacial score (nSPS) is 23.6. The molecule has 1 aromatic heterocycles. The predicted molar refractivity (Wildman–Crippen MR) is 100 cm³/mol. The number of nitrogens with zero attached hydrogens (tertiary/aromatic N) is 4. The summed E-state index contributed by atoms with van der Waals surface area (Å²) in [6, 6.07) is 11.0. The second-order valence-electron chi connectivity index (χ2n) is 7.25. The predicted octanol–water partition coefficient (Wildman–Crippen LogP) is 2.65. The Hall–Kier alpha value is -2.47. The van der Waals surface area contributed by atoms with Gasteiger partial charge in [0.05, 0.1) is 12.2 Å². The smallest absolute Gasteiger partial charge is 0.276 e. The molecule has 2 heterocycles. The van der Waals surface area contributed by atoms with Crippen molar-refractivity contribution in [3.8, 4) is 0 Å². The maximum absolute atomic E-state index is 12.8. The molecular formula is C20H25N5O. The molecule has 1 fully saturated rings. The molecule has 1 aliphatic carbocycles. The largest absolute Gasteiger partial charge is 0.333 e. The topological polar surface area (TPSA) is 77.0 Å². The molecule has 1 aliphatic heterocycles. The molecule has 6 nitrogen and oxygen atoms in total. The lowest BCUT2D eigenvalue weighted by Gasteiger charge is -2.26. The Bertz CT molecular complexity index is 790. The Morgan fingerprint density at radius 2 is 1.88 bits per heavy atom. The zero-order valence-corrected chi connectivity index (χ0v) is 14.9. The average molecular weight is 351 g/mol. The van der Waals surface area contributed by atoms with Gasteiger partial charge in [-0.25, -0.2) is 4.68 Å². The first-order valence-corrected chi connectivity index (χ1v) is 9.42. The van der Waals surface area contributed by atoms with Crippen LogP contribution in [0.3, 0.4) is 0 Å². The van der Waals surface area contributed by atoms with Crippen molar-refractivity contribution in [3.05, 3.63) is 53.9 Å². The van der Waals surface area contributed by atoms with E-state index >= 15 is 0 Å². The quantitative estimate of drug-likeness (QED) is 0.922. The van der Waals surface area contributed by atoms with Gasteiger partial charge in [-0.2, -0.15) is 0 Å². The molecule has 6 heteroatoms. The van der Waals surface area contributed by atoms with Crippen molar-refractivity contribution < 1.29 is 4.79 Å². The van der Waals surface area contributed by atoms with Gasteiger partial charge in [0.2, 0.25) is 0 Å². The lowest BCUT2D eigenvalue weighted by Crippen LogP contribution is -2.35. The second-order valence-corrected chi connectivity index (χ2v) is 7.25. The molecule has 0 spiro atoms. The number of carbonyl (C=O) groups is 1. The molecule has 4 rings (SSSR count). The molecule has 1 aromatic carbocycles. The molecule has 2 aliphatic rings. The average Bonchev–Trinajstić information content (AvgIpc) is 3.19. The summed E-state index contributed by atoms with van der Waals surface area (Å²) in [5.74, 6) is -0.0351. The summed E-state index contributed by atoms with van der Waals surface area (Å²) in [6.45, 7) is 1.33. The Kier molecular flexibility index (Phi) is 4.84. The van der Waals surface area contributed by atoms with Crippen LogP contribution in [0.15, 0.2) is 42.6 Å². The number of rotatable bonds is 3. The van der Waals surface area contributed by atoms with Gasteiger partial charge < -0.3 is 10.6 Å². The van der Waals surface area contributed by atoms with E-state index in [1.807, 2.05) is 27.8 Å². The van der Waals surface area contributed by atoms with Crippen LogP contribution in [0.5, 0.6) is 0 Å². The van der Waals surface area contributed by atoms with Crippen LogP contribution in [0, 0.1) is 0 Å². The third-order valence-corrected chi connectivity index (χ3v) is 5.49. The Morgan fingerprint density at radius 3 is 2.58 bits per heavy atom. The van der Waals surface area contributed by atoms with Gasteiger partial charge >= 0.3 is 0 Å². The summed E-state index contributed by atoms with van der Waals surface area (Å²) in [5.41, 5.74) is 8.95. The van der Waals surface area contributed by atoms with Crippen LogP contribution in [-0.2, 0) is 0 Å². The van der Waals surface area contributed by atoms with Crippen molar-refractivity contribution in [1.82, 2.24) is 19.9 Å². The fraction of sp³-hybridized carbons (Fsp3) is 0.450. The van der Waals surface area contributed by atoms with Crippen LogP contribution in [0.2, 0.25) is 0 Å². The minimum Gasteiger partial charge on any atom is -0.333 e. The molecule has 26 heavy (non-hydrogen) atoms. The number of aromatic nitrogens is 3. The third kappa shape index (κ3) is 3.55. The SMILES string of the molecule is NC1CCC(n2cc(C(=O)N3CC=C(c4ccccc4)CC3)nn2)CC1. The first kappa shape index (κ1) is 17.0. The fourth-order valence-electron chi connectivity index (χ4n) is 3.85. The van der Waals surface area contributed by atoms with Gasteiger partial charge in [-0.1, -0.05) is 41.6 Å². The van der Waals surface area contributed by atoms with Crippen molar-refractivity contribution in [1.29, 1.82) is 0 Å². The maximum Gasteiger partial charge on any atom is 0.276 e. The van der Waals surface area contributed by atoms with E-state index in [4.69, 9.17) is 5.73 Å². The van der Waals surface area contributed by atoms with Crippen molar-refractivity contribution in [2.24, 2.45) is 5.73 Å². The van der Waals surface area contributed by atoms with Crippen LogP contribution in [0.25, 0.3) is 5.57 Å². The van der Waals surface area contributed by atoms with Crippen LogP contribution in [0.4, 0.5) is 0 Å². The summed E-state index contributed by atoms with van der Waals surface area (Å²) >= 11 is 0. The lowest BCUT2D eigenvalue weighted by atomic mass is 9.92. The Morgan fingerprint density at radius 1 is 1.12 bits per heavy atom. The van der Waals surface area contributed by atoms with Crippen LogP contribution >= 0.6 is 0 Å². The Labute approximate surface area is 153 Å². The molecule has 0 radical (unpaired) electrons. The van der Waals surface area contributed by atoms with Crippen molar-refractivity contribution >= 4 is 11.5 Å². The van der Waals surface area contributed by atoms with Crippen LogP contribution in [0.1, 0.15) is 54.2 Å². The summed E-state index contributed by atoms with van der Waals surface area (Å²) in [7, 11) is 0. The molecule has 0 bridgehead atoms. The van der Waals surface area contributed by atoms with E-state index < -0.39 is 0 Å². The molecule has 0 saturated heterocycles. The van der Waals surface area contributed by atoms with Gasteiger partial charge in [-0.15, -0.1) is 5.10 Å². The van der Waals surface area contributed by atoms with Gasteiger partial charge in [0.15, 0.2) is 5.69 Å². The first-order chi connectivity index (χ1) is 12.7. The maximum atomic E-state index is 12.8. The minimum atomic E-state index is -0.0351. The van der Waals surface area contributed by atoms with Crippen LogP contribution in [-0.4, -0.2) is 44.9 Å². The van der Waals surface area contributed by atoms with Gasteiger partial charge in [-0.3, -0.25) is 4.79 Å². The number of hydrogen-bond donors (Lipinski definition) is 1. The zero-order chi connectivity index (χ0) is 17.9. The number of hydrogen-bond acceptors (Lipinski definition) is 4. The summed E-state index contributed by atoms with van der Waals surface area (Å²) in [6.07, 6.45) is 8.84. The van der Waals surface area contributed by atoms with Gasteiger partial charge in [0.1, 0.15) is 0 Å². The molecule has 0 unspecified atom stereocenters. The van der Waals surface area contributed by atoms with E-state index in [9.17, 15) is 4.79 Å². The number of benzene rings is 1. The molecular weight excluding hydrogens is 326 g/mol. The summed E-state index contributed by atoms with van der Waals surface area (Å²) in [4.78, 5) is 14.6. The second kappa shape index (κ2) is 7.41. The number of amides is 1. The molecule has 2 N–H and O–H groups in total. The van der Waals surface area contributed by atoms with E-state index in [1.165, 1.54) is 11.1 Å². The van der Waals surface area contributed by atoms with Gasteiger partial charge in [-0.05, 0) is 43.2 Å². The van der Waals surface area contributed by atoms with E-state index in [0.29, 0.717) is 30.9 Å². The molecule has 1 amide bonds. The van der Waals surface area contributed by atoms with Crippen molar-refractivity contribution in [2.45, 2.75) is 44.2 Å². The van der Waals surface area contributed by atoms with Crippen molar-refractivity contribution in [3.63, 3.8) is 0 Å². The van der Waals surface area contributed by atoms with Gasteiger partial charge in [0.25, 0.3) is 5.91 Å². The highest BCUT2D eigenvalue weighted by atomic mass is 16.2. The molecule has 0 atom stereocenters. The highest BCUT2D eigenvalue weighted by Gasteiger charge is 2.25. The monoisotopic (exact) mass is 351 g/mol. The lowest BCUT2D eigenvalue weighted by molar-refractivity contribution is 0.0767. The molecule has 2 aromatic rings. The highest BCUT2D eigenvalue weighted by molar-refractivity contribution is 5.92. The summed E-state index contributed by atoms with van der Waals surface area (Å²) < 4.78 is 1.86.